The fourth-order valence-electron chi connectivity index (χ4n) is 3.35. The first-order valence-corrected chi connectivity index (χ1v) is 11.1. The molecule has 34 heavy (non-hydrogen) atoms. The molecular formula is C26H32N2O6. The highest BCUT2D eigenvalue weighted by Gasteiger charge is 2.27. The minimum Gasteiger partial charge on any atom is -0.459 e. The van der Waals surface area contributed by atoms with Crippen LogP contribution in [-0.2, 0) is 32.1 Å². The fraction of sp³-hybridized carbons (Fsp3) is 0.346. The number of benzene rings is 2. The molecule has 0 saturated heterocycles. The summed E-state index contributed by atoms with van der Waals surface area (Å²) in [7, 11) is 0. The van der Waals surface area contributed by atoms with Crippen LogP contribution in [0.25, 0.3) is 0 Å². The van der Waals surface area contributed by atoms with Crippen molar-refractivity contribution in [1.82, 2.24) is 10.6 Å². The van der Waals surface area contributed by atoms with Crippen LogP contribution in [0.4, 0.5) is 0 Å². The molecule has 2 amide bonds. The molecule has 0 aliphatic rings. The van der Waals surface area contributed by atoms with Crippen LogP contribution in [0.2, 0.25) is 0 Å². The molecule has 0 unspecified atom stereocenters. The highest BCUT2D eigenvalue weighted by Crippen LogP contribution is 2.12. The summed E-state index contributed by atoms with van der Waals surface area (Å²) in [5, 5.41) is 24.4. The maximum atomic E-state index is 12.8. The molecule has 0 bridgehead atoms. The average molecular weight is 469 g/mol. The lowest BCUT2D eigenvalue weighted by Crippen LogP contribution is -2.48. The average Bonchev–Trinajstić information content (AvgIpc) is 2.86. The van der Waals surface area contributed by atoms with Crippen LogP contribution in [0, 0.1) is 5.92 Å². The van der Waals surface area contributed by atoms with Crippen molar-refractivity contribution in [2.45, 2.75) is 38.0 Å². The highest BCUT2D eigenvalue weighted by molar-refractivity contribution is 5.89. The molecule has 0 spiro atoms. The lowest BCUT2D eigenvalue weighted by atomic mass is 9.98. The third kappa shape index (κ3) is 9.17. The van der Waals surface area contributed by atoms with E-state index in [4.69, 9.17) is 4.74 Å². The predicted octanol–water partition coefficient (Wildman–Crippen LogP) is 1.51. The largest absolute Gasteiger partial charge is 0.459 e. The number of hydrogen-bond donors (Lipinski definition) is 4. The number of carbonyl (C=O) groups excluding carboxylic acids is 3. The van der Waals surface area contributed by atoms with Gasteiger partial charge < -0.3 is 25.6 Å². The summed E-state index contributed by atoms with van der Waals surface area (Å²) in [5.41, 5.74) is 1.73. The van der Waals surface area contributed by atoms with E-state index in [1.165, 1.54) is 6.08 Å². The quantitative estimate of drug-likeness (QED) is 0.246. The summed E-state index contributed by atoms with van der Waals surface area (Å²) in [5.74, 6) is -2.56. The van der Waals surface area contributed by atoms with Gasteiger partial charge in [-0.1, -0.05) is 66.7 Å². The van der Waals surface area contributed by atoms with Crippen molar-refractivity contribution >= 4 is 17.8 Å². The number of ether oxygens (including phenoxy) is 1. The van der Waals surface area contributed by atoms with Crippen molar-refractivity contribution in [3.63, 3.8) is 0 Å². The van der Waals surface area contributed by atoms with Crippen LogP contribution in [0.3, 0.4) is 0 Å². The molecule has 0 aliphatic heterocycles. The van der Waals surface area contributed by atoms with Crippen molar-refractivity contribution in [1.29, 1.82) is 0 Å². The summed E-state index contributed by atoms with van der Waals surface area (Å²) < 4.78 is 5.19. The second kappa shape index (κ2) is 14.6. The van der Waals surface area contributed by atoms with Crippen molar-refractivity contribution in [2.75, 3.05) is 13.2 Å². The molecular weight excluding hydrogens is 436 g/mol. The molecule has 0 saturated carbocycles. The molecule has 0 radical (unpaired) electrons. The van der Waals surface area contributed by atoms with Gasteiger partial charge in [0, 0.05) is 6.42 Å². The van der Waals surface area contributed by atoms with E-state index in [1.807, 2.05) is 36.4 Å². The van der Waals surface area contributed by atoms with E-state index in [0.717, 1.165) is 11.1 Å². The van der Waals surface area contributed by atoms with E-state index in [1.54, 1.807) is 24.3 Å². The Morgan fingerprint density at radius 3 is 2.09 bits per heavy atom. The zero-order chi connectivity index (χ0) is 24.8. The lowest BCUT2D eigenvalue weighted by molar-refractivity contribution is -0.150. The number of aliphatic hydroxyl groups excluding tert-OH is 2. The van der Waals surface area contributed by atoms with Crippen molar-refractivity contribution < 1.29 is 29.3 Å². The van der Waals surface area contributed by atoms with Gasteiger partial charge in [-0.05, 0) is 24.0 Å². The van der Waals surface area contributed by atoms with E-state index in [2.05, 4.69) is 17.2 Å². The first-order valence-electron chi connectivity index (χ1n) is 11.1. The van der Waals surface area contributed by atoms with Crippen LogP contribution in [0.1, 0.15) is 24.0 Å². The van der Waals surface area contributed by atoms with Gasteiger partial charge >= 0.3 is 5.97 Å². The Morgan fingerprint density at radius 1 is 0.912 bits per heavy atom. The minimum atomic E-state index is -1.25. The number of rotatable bonds is 14. The molecule has 0 aliphatic carbocycles. The number of aliphatic hydroxyl groups is 2. The Kier molecular flexibility index (Phi) is 11.5. The molecule has 4 N–H and O–H groups in total. The van der Waals surface area contributed by atoms with Crippen LogP contribution < -0.4 is 10.6 Å². The van der Waals surface area contributed by atoms with Gasteiger partial charge in [0.15, 0.2) is 6.04 Å². The van der Waals surface area contributed by atoms with Gasteiger partial charge in [0.05, 0.1) is 25.2 Å². The molecule has 0 heterocycles. The van der Waals surface area contributed by atoms with E-state index in [-0.39, 0.29) is 26.1 Å². The van der Waals surface area contributed by atoms with Gasteiger partial charge in [-0.15, -0.1) is 6.58 Å². The summed E-state index contributed by atoms with van der Waals surface area (Å²) in [6, 6.07) is 16.7. The van der Waals surface area contributed by atoms with Gasteiger partial charge in [0.2, 0.25) is 11.8 Å². The number of amides is 2. The summed E-state index contributed by atoms with van der Waals surface area (Å²) in [6.45, 7) is 2.74. The van der Waals surface area contributed by atoms with Crippen molar-refractivity contribution in [2.24, 2.45) is 5.92 Å². The van der Waals surface area contributed by atoms with Crippen LogP contribution in [0.15, 0.2) is 73.3 Å². The minimum absolute atomic E-state index is 0.00843. The smallest absolute Gasteiger partial charge is 0.331 e. The Morgan fingerprint density at radius 2 is 1.53 bits per heavy atom. The van der Waals surface area contributed by atoms with Crippen LogP contribution >= 0.6 is 0 Å². The number of hydrogen-bond acceptors (Lipinski definition) is 6. The monoisotopic (exact) mass is 468 g/mol. The molecule has 8 nitrogen and oxygen atoms in total. The van der Waals surface area contributed by atoms with Gasteiger partial charge in [-0.25, -0.2) is 4.79 Å². The fourth-order valence-corrected chi connectivity index (χ4v) is 3.35. The Hall–Kier alpha value is -3.49. The van der Waals surface area contributed by atoms with E-state index >= 15 is 0 Å². The van der Waals surface area contributed by atoms with Crippen LogP contribution in [-0.4, -0.2) is 53.3 Å². The molecule has 3 atom stereocenters. The third-order valence-electron chi connectivity index (χ3n) is 5.17. The SMILES string of the molecule is C=CC[C@H](CC(=O)N[C@H](CO)Cc1ccccc1)C(=O)N[C@H](CO)C(=O)OCc1ccccc1. The van der Waals surface area contributed by atoms with Crippen LogP contribution in [0.5, 0.6) is 0 Å². The van der Waals surface area contributed by atoms with E-state index in [9.17, 15) is 24.6 Å². The topological polar surface area (TPSA) is 125 Å². The Bertz CT molecular complexity index is 919. The molecule has 2 rings (SSSR count). The Balaban J connectivity index is 1.90. The van der Waals surface area contributed by atoms with Crippen molar-refractivity contribution in [3.8, 4) is 0 Å². The normalized spacial score (nSPS) is 13.2. The van der Waals surface area contributed by atoms with E-state index < -0.39 is 42.4 Å². The molecule has 182 valence electrons. The lowest BCUT2D eigenvalue weighted by Gasteiger charge is -2.21. The zero-order valence-electron chi connectivity index (χ0n) is 19.1. The molecule has 0 fully saturated rings. The standard InChI is InChI=1S/C26H32N2O6/c1-2-9-21(15-24(31)27-22(16-29)14-19-10-5-3-6-11-19)25(32)28-23(17-30)26(33)34-18-20-12-7-4-8-13-20/h2-8,10-13,21-23,29-30H,1,9,14-18H2,(H,27,31)(H,28,32)/t21-,22+,23-/m1/s1. The second-order valence-electron chi connectivity index (χ2n) is 7.90. The van der Waals surface area contributed by atoms with Gasteiger partial charge in [-0.2, -0.15) is 0 Å². The number of carbonyl (C=O) groups is 3. The highest BCUT2D eigenvalue weighted by atomic mass is 16.5. The molecule has 2 aromatic rings. The summed E-state index contributed by atoms with van der Waals surface area (Å²) >= 11 is 0. The van der Waals surface area contributed by atoms with E-state index in [0.29, 0.717) is 6.42 Å². The maximum absolute atomic E-state index is 12.8. The number of allylic oxidation sites excluding steroid dienone is 1. The number of nitrogens with one attached hydrogen (secondary N) is 2. The molecule has 8 heteroatoms. The zero-order valence-corrected chi connectivity index (χ0v) is 19.1. The molecule has 2 aromatic carbocycles. The summed E-state index contributed by atoms with van der Waals surface area (Å²) in [6.07, 6.45) is 1.98. The first-order chi connectivity index (χ1) is 16.5. The molecule has 0 aromatic heterocycles. The predicted molar refractivity (Wildman–Crippen MR) is 127 cm³/mol. The maximum Gasteiger partial charge on any atom is 0.331 e. The first kappa shape index (κ1) is 26.8. The summed E-state index contributed by atoms with van der Waals surface area (Å²) in [4.78, 5) is 37.6. The Labute approximate surface area is 199 Å². The number of esters is 1. The van der Waals surface area contributed by atoms with Gasteiger partial charge in [0.1, 0.15) is 6.61 Å². The van der Waals surface area contributed by atoms with Crippen molar-refractivity contribution in [3.05, 3.63) is 84.4 Å². The second-order valence-corrected chi connectivity index (χ2v) is 7.90. The van der Waals surface area contributed by atoms with Gasteiger partial charge in [0.25, 0.3) is 0 Å². The van der Waals surface area contributed by atoms with Gasteiger partial charge in [-0.3, -0.25) is 9.59 Å². The third-order valence-corrected chi connectivity index (χ3v) is 5.17.